The number of pyridine rings is 1. The Kier molecular flexibility index (Phi) is 6.17. The smallest absolute Gasteiger partial charge is 0.271 e. The number of aryl methyl sites for hydroxylation is 1. The summed E-state index contributed by atoms with van der Waals surface area (Å²) in [6, 6.07) is 5.04. The van der Waals surface area contributed by atoms with Gasteiger partial charge in [0.2, 0.25) is 0 Å². The molecule has 0 bridgehead atoms. The molecule has 17 heavy (non-hydrogen) atoms. The maximum Gasteiger partial charge on any atom is 0.607 e. The minimum atomic E-state index is -4.94. The van der Waals surface area contributed by atoms with E-state index in [1.807, 2.05) is 6.92 Å². The van der Waals surface area contributed by atoms with Gasteiger partial charge in [-0.15, -0.1) is 14.6 Å². The Morgan fingerprint density at radius 3 is 2.06 bits per heavy atom. The van der Waals surface area contributed by atoms with E-state index in [0.717, 1.165) is 4.34 Å². The standard InChI is InChI=1S/C7H10NO3P.ClHO4/c1-2-7-5-3-4-6-8(7)12(9,10)11;2-1(3,4)5/h3-6H,2H2,1H3,(H-,9,10,11);(H,2,3,4,5). The van der Waals surface area contributed by atoms with Crippen molar-refractivity contribution in [1.82, 2.24) is 0 Å². The van der Waals surface area contributed by atoms with Crippen molar-refractivity contribution in [3.63, 3.8) is 0 Å². The molecule has 0 amide bonds. The average molecular weight is 288 g/mol. The van der Waals surface area contributed by atoms with Gasteiger partial charge < -0.3 is 0 Å². The van der Waals surface area contributed by atoms with Gasteiger partial charge in [0.15, 0.2) is 11.9 Å². The molecule has 0 fully saturated rings. The molecule has 1 aromatic heterocycles. The molecule has 0 aliphatic rings. The number of halogens is 1. The normalized spacial score (nSPS) is 11.7. The van der Waals surface area contributed by atoms with E-state index in [-0.39, 0.29) is 0 Å². The van der Waals surface area contributed by atoms with Crippen LogP contribution >= 0.6 is 7.75 Å². The Morgan fingerprint density at radius 1 is 1.29 bits per heavy atom. The zero-order valence-corrected chi connectivity index (χ0v) is 10.4. The van der Waals surface area contributed by atoms with Gasteiger partial charge in [-0.2, -0.15) is 4.57 Å². The summed E-state index contributed by atoms with van der Waals surface area (Å²) >= 11 is 0. The molecule has 0 aliphatic carbocycles. The van der Waals surface area contributed by atoms with Crippen molar-refractivity contribution in [2.75, 3.05) is 0 Å². The molecule has 1 aromatic rings. The van der Waals surface area contributed by atoms with Gasteiger partial charge in [-0.25, -0.2) is 18.6 Å². The van der Waals surface area contributed by atoms with Gasteiger partial charge >= 0.3 is 7.75 Å². The molecule has 8 nitrogen and oxygen atoms in total. The minimum Gasteiger partial charge on any atom is -0.271 e. The first kappa shape index (κ1) is 16.4. The maximum atomic E-state index is 10.9. The number of hydrogen-bond acceptors (Lipinski definition) is 5. The summed E-state index contributed by atoms with van der Waals surface area (Å²) in [7, 11) is -9.10. The van der Waals surface area contributed by atoms with Crippen LogP contribution in [0.5, 0.6) is 0 Å². The number of aromatic nitrogens is 1. The van der Waals surface area contributed by atoms with E-state index >= 15 is 0 Å². The van der Waals surface area contributed by atoms with Crippen LogP contribution in [0.1, 0.15) is 12.6 Å². The van der Waals surface area contributed by atoms with E-state index in [2.05, 4.69) is 0 Å². The third-order valence-corrected chi connectivity index (χ3v) is 2.52. The molecule has 0 unspecified atom stereocenters. The van der Waals surface area contributed by atoms with Crippen molar-refractivity contribution >= 4 is 7.75 Å². The molecular weight excluding hydrogens is 277 g/mol. The van der Waals surface area contributed by atoms with Crippen LogP contribution in [-0.4, -0.2) is 9.79 Å². The van der Waals surface area contributed by atoms with Gasteiger partial charge in [-0.3, -0.25) is 9.79 Å². The largest absolute Gasteiger partial charge is 0.607 e. The van der Waals surface area contributed by atoms with Crippen molar-refractivity contribution in [3.8, 4) is 0 Å². The highest BCUT2D eigenvalue weighted by molar-refractivity contribution is 7.44. The first-order valence-corrected chi connectivity index (χ1v) is 7.03. The second-order valence-electron chi connectivity index (χ2n) is 2.78. The highest BCUT2D eigenvalue weighted by Crippen LogP contribution is 2.27. The van der Waals surface area contributed by atoms with E-state index in [4.69, 9.17) is 28.4 Å². The molecule has 2 N–H and O–H groups in total. The molecule has 0 aliphatic heterocycles. The summed E-state index contributed by atoms with van der Waals surface area (Å²) in [4.78, 5) is 17.8. The van der Waals surface area contributed by atoms with Crippen molar-refractivity contribution in [2.24, 2.45) is 0 Å². The predicted molar refractivity (Wildman–Crippen MR) is 43.5 cm³/mol. The van der Waals surface area contributed by atoms with Crippen molar-refractivity contribution in [1.29, 1.82) is 0 Å². The Balaban J connectivity index is 0.000000437. The number of nitrogens with zero attached hydrogens (tertiary/aromatic N) is 1. The molecule has 98 valence electrons. The van der Waals surface area contributed by atoms with Crippen LogP contribution in [0.3, 0.4) is 0 Å². The van der Waals surface area contributed by atoms with E-state index < -0.39 is 18.0 Å². The van der Waals surface area contributed by atoms with Crippen LogP contribution in [0.4, 0.5) is 0 Å². The highest BCUT2D eigenvalue weighted by atomic mass is 35.7. The zero-order chi connectivity index (χ0) is 13.7. The molecule has 0 radical (unpaired) electrons. The molecule has 0 atom stereocenters. The number of hydrogen-bond donors (Lipinski definition) is 2. The van der Waals surface area contributed by atoms with Crippen molar-refractivity contribution in [3.05, 3.63) is 30.1 Å². The van der Waals surface area contributed by atoms with Gasteiger partial charge in [-0.05, 0) is 0 Å². The third kappa shape index (κ3) is 8.19. The molecule has 1 heterocycles. The zero-order valence-electron chi connectivity index (χ0n) is 8.72. The van der Waals surface area contributed by atoms with E-state index in [1.165, 1.54) is 6.20 Å². The van der Waals surface area contributed by atoms with E-state index in [1.54, 1.807) is 18.2 Å². The quantitative estimate of drug-likeness (QED) is 0.522. The third-order valence-electron chi connectivity index (χ3n) is 1.56. The molecule has 0 saturated heterocycles. The summed E-state index contributed by atoms with van der Waals surface area (Å²) in [5.41, 5.74) is 0.630. The summed E-state index contributed by atoms with van der Waals surface area (Å²) < 4.78 is 45.8. The first-order valence-electron chi connectivity index (χ1n) is 4.23. The second kappa shape index (κ2) is 6.39. The minimum absolute atomic E-state index is 0.603. The van der Waals surface area contributed by atoms with Gasteiger partial charge in [-0.1, -0.05) is 13.0 Å². The van der Waals surface area contributed by atoms with Crippen molar-refractivity contribution < 1.29 is 47.6 Å². The Hall–Kier alpha value is -0.570. The second-order valence-corrected chi connectivity index (χ2v) is 4.99. The Bertz CT molecular complexity index is 395. The fraction of sp³-hybridized carbons (Fsp3) is 0.286. The molecule has 1 rings (SSSR count). The lowest BCUT2D eigenvalue weighted by Crippen LogP contribution is -2.68. The van der Waals surface area contributed by atoms with Gasteiger partial charge in [0.25, 0.3) is 0 Å². The monoisotopic (exact) mass is 287 g/mol. The van der Waals surface area contributed by atoms with Crippen LogP contribution in [0.25, 0.3) is 0 Å². The molecule has 0 saturated carbocycles. The lowest BCUT2D eigenvalue weighted by atomic mass is 10.3. The van der Waals surface area contributed by atoms with Crippen molar-refractivity contribution in [2.45, 2.75) is 13.3 Å². The predicted octanol–water partition coefficient (Wildman–Crippen LogP) is -4.28. The van der Waals surface area contributed by atoms with Crippen LogP contribution < -0.4 is 23.0 Å². The lowest BCUT2D eigenvalue weighted by Gasteiger charge is -2.17. The molecule has 0 aromatic carbocycles. The van der Waals surface area contributed by atoms with E-state index in [0.29, 0.717) is 12.1 Å². The molecular formula is C7H11ClNO7P. The molecule has 0 spiro atoms. The van der Waals surface area contributed by atoms with Crippen LogP contribution in [-0.2, 0) is 11.0 Å². The molecule has 10 heteroatoms. The van der Waals surface area contributed by atoms with E-state index in [9.17, 15) is 4.57 Å². The highest BCUT2D eigenvalue weighted by Gasteiger charge is 2.29. The summed E-state index contributed by atoms with van der Waals surface area (Å²) in [5, 5.41) is 0. The lowest BCUT2D eigenvalue weighted by molar-refractivity contribution is -2.00. The topological polar surface area (TPSA) is 154 Å². The van der Waals surface area contributed by atoms with Crippen LogP contribution in [0.15, 0.2) is 24.4 Å². The van der Waals surface area contributed by atoms with Gasteiger partial charge in [0.05, 0.1) is 0 Å². The SMILES string of the molecule is CCc1cccc[n+]1P(=O)(O)O.[O-][Cl+3]([O-])([O-])[O-]. The summed E-state index contributed by atoms with van der Waals surface area (Å²) in [5.74, 6) is 0. The summed E-state index contributed by atoms with van der Waals surface area (Å²) in [6.07, 6.45) is 1.99. The first-order chi connectivity index (χ1) is 7.55. The fourth-order valence-corrected chi connectivity index (χ4v) is 1.80. The number of rotatable bonds is 2. The fourth-order valence-electron chi connectivity index (χ4n) is 1.00. The Labute approximate surface area is 99.3 Å². The van der Waals surface area contributed by atoms with Gasteiger partial charge in [0, 0.05) is 18.6 Å². The summed E-state index contributed by atoms with van der Waals surface area (Å²) in [6.45, 7) is 1.85. The van der Waals surface area contributed by atoms with Gasteiger partial charge in [0.1, 0.15) is 0 Å². The van der Waals surface area contributed by atoms with Crippen LogP contribution in [0.2, 0.25) is 0 Å². The average Bonchev–Trinajstić information content (AvgIpc) is 2.14. The Morgan fingerprint density at radius 2 is 1.76 bits per heavy atom. The van der Waals surface area contributed by atoms with Crippen LogP contribution in [0, 0.1) is 10.2 Å². The maximum absolute atomic E-state index is 10.9.